The topological polar surface area (TPSA) is 37.3 Å². The fraction of sp³-hybridized carbons (Fsp3) is 0.417. The first-order chi connectivity index (χ1) is 7.93. The first-order valence-corrected chi connectivity index (χ1v) is 6.25. The van der Waals surface area contributed by atoms with Crippen LogP contribution in [0, 0.1) is 11.6 Å². The molecular weight excluding hydrogens is 246 g/mol. The average molecular weight is 260 g/mol. The summed E-state index contributed by atoms with van der Waals surface area (Å²) in [4.78, 5) is 11.6. The third-order valence-corrected chi connectivity index (χ3v) is 3.75. The summed E-state index contributed by atoms with van der Waals surface area (Å²) in [5, 5.41) is 9.07. The Morgan fingerprint density at radius 3 is 2.35 bits per heavy atom. The maximum Gasteiger partial charge on any atom is 0.178 e. The number of hydrogen-bond donors (Lipinski definition) is 1. The number of carbonyl (C=O) groups excluding carboxylic acids is 1. The fourth-order valence-corrected chi connectivity index (χ4v) is 2.02. The number of rotatable bonds is 5. The highest BCUT2D eigenvalue weighted by Gasteiger charge is 2.18. The zero-order chi connectivity index (χ0) is 13.0. The van der Waals surface area contributed by atoms with Crippen LogP contribution >= 0.6 is 11.8 Å². The van der Waals surface area contributed by atoms with Gasteiger partial charge in [-0.25, -0.2) is 8.78 Å². The molecule has 0 radical (unpaired) electrons. The van der Waals surface area contributed by atoms with Crippen molar-refractivity contribution in [2.45, 2.75) is 25.2 Å². The normalized spacial score (nSPS) is 14.4. The zero-order valence-electron chi connectivity index (χ0n) is 9.61. The molecule has 0 saturated heterocycles. The molecule has 0 saturated carbocycles. The molecule has 0 heterocycles. The van der Waals surface area contributed by atoms with Crippen LogP contribution in [0.4, 0.5) is 8.78 Å². The molecule has 5 heteroatoms. The molecule has 0 aliphatic heterocycles. The summed E-state index contributed by atoms with van der Waals surface area (Å²) in [5.74, 6) is -2.34. The van der Waals surface area contributed by atoms with Gasteiger partial charge in [0.15, 0.2) is 5.78 Å². The molecule has 0 fully saturated rings. The van der Waals surface area contributed by atoms with Crippen molar-refractivity contribution in [3.05, 3.63) is 35.4 Å². The summed E-state index contributed by atoms with van der Waals surface area (Å²) in [6, 6.07) is 3.32. The molecule has 1 N–H and O–H groups in total. The van der Waals surface area contributed by atoms with E-state index in [1.807, 2.05) is 0 Å². The van der Waals surface area contributed by atoms with Gasteiger partial charge in [0.2, 0.25) is 0 Å². The smallest absolute Gasteiger partial charge is 0.178 e. The van der Waals surface area contributed by atoms with Gasteiger partial charge in [-0.2, -0.15) is 0 Å². The van der Waals surface area contributed by atoms with Crippen LogP contribution < -0.4 is 0 Å². The van der Waals surface area contributed by atoms with Gasteiger partial charge < -0.3 is 5.11 Å². The highest BCUT2D eigenvalue weighted by atomic mass is 32.2. The highest BCUT2D eigenvalue weighted by Crippen LogP contribution is 2.19. The largest absolute Gasteiger partial charge is 0.392 e. The summed E-state index contributed by atoms with van der Waals surface area (Å²) in [6.45, 7) is 3.35. The molecular formula is C12H14F2O2S. The maximum atomic E-state index is 13.3. The minimum atomic E-state index is -0.847. The van der Waals surface area contributed by atoms with Gasteiger partial charge in [-0.05, 0) is 19.1 Å². The molecule has 0 spiro atoms. The number of ketones is 1. The summed E-state index contributed by atoms with van der Waals surface area (Å²) in [7, 11) is 0. The number of aliphatic hydroxyl groups is 1. The van der Waals surface area contributed by atoms with Gasteiger partial charge >= 0.3 is 0 Å². The van der Waals surface area contributed by atoms with Crippen LogP contribution in [0.5, 0.6) is 0 Å². The van der Waals surface area contributed by atoms with Gasteiger partial charge in [0.1, 0.15) is 11.6 Å². The summed E-state index contributed by atoms with van der Waals surface area (Å²) < 4.78 is 26.5. The standard InChI is InChI=1S/C12H14F2O2S/c1-7(15)8(2)17-6-11(16)12-9(13)4-3-5-10(12)14/h3-5,7-8,15H,6H2,1-2H3. The van der Waals surface area contributed by atoms with E-state index in [0.717, 1.165) is 12.1 Å². The number of benzene rings is 1. The van der Waals surface area contributed by atoms with E-state index in [4.69, 9.17) is 0 Å². The molecule has 2 unspecified atom stereocenters. The molecule has 2 nitrogen and oxygen atoms in total. The van der Waals surface area contributed by atoms with Crippen molar-refractivity contribution in [1.82, 2.24) is 0 Å². The number of halogens is 2. The second-order valence-corrected chi connectivity index (χ2v) is 5.14. The Kier molecular flexibility index (Phi) is 5.08. The van der Waals surface area contributed by atoms with Crippen molar-refractivity contribution in [3.8, 4) is 0 Å². The Bertz CT molecular complexity index is 387. The number of aliphatic hydroxyl groups excluding tert-OH is 1. The Morgan fingerprint density at radius 2 is 1.88 bits per heavy atom. The lowest BCUT2D eigenvalue weighted by atomic mass is 10.1. The Morgan fingerprint density at radius 1 is 1.35 bits per heavy atom. The van der Waals surface area contributed by atoms with Crippen LogP contribution in [0.2, 0.25) is 0 Å². The van der Waals surface area contributed by atoms with E-state index in [9.17, 15) is 18.7 Å². The number of hydrogen-bond acceptors (Lipinski definition) is 3. The lowest BCUT2D eigenvalue weighted by Crippen LogP contribution is -2.18. The second kappa shape index (κ2) is 6.12. The molecule has 1 rings (SSSR count). The molecule has 1 aromatic carbocycles. The van der Waals surface area contributed by atoms with Crippen LogP contribution in [0.3, 0.4) is 0 Å². The molecule has 0 bridgehead atoms. The fourth-order valence-electron chi connectivity index (χ4n) is 1.18. The van der Waals surface area contributed by atoms with Gasteiger partial charge in [0.05, 0.1) is 17.4 Å². The van der Waals surface area contributed by atoms with Crippen LogP contribution in [0.25, 0.3) is 0 Å². The van der Waals surface area contributed by atoms with Crippen LogP contribution in [0.15, 0.2) is 18.2 Å². The third-order valence-electron chi connectivity index (χ3n) is 2.40. The highest BCUT2D eigenvalue weighted by molar-refractivity contribution is 8.00. The molecule has 1 aromatic rings. The minimum absolute atomic E-state index is 0.0517. The maximum absolute atomic E-state index is 13.3. The van der Waals surface area contributed by atoms with Crippen molar-refractivity contribution in [2.24, 2.45) is 0 Å². The predicted molar refractivity (Wildman–Crippen MR) is 64.3 cm³/mol. The molecule has 0 amide bonds. The van der Waals surface area contributed by atoms with Crippen molar-refractivity contribution in [2.75, 3.05) is 5.75 Å². The van der Waals surface area contributed by atoms with Crippen molar-refractivity contribution >= 4 is 17.5 Å². The van der Waals surface area contributed by atoms with E-state index in [-0.39, 0.29) is 11.0 Å². The Hall–Kier alpha value is -0.940. The summed E-state index contributed by atoms with van der Waals surface area (Å²) in [6.07, 6.45) is -0.571. The zero-order valence-corrected chi connectivity index (χ0v) is 10.4. The van der Waals surface area contributed by atoms with Crippen molar-refractivity contribution < 1.29 is 18.7 Å². The number of carbonyl (C=O) groups is 1. The second-order valence-electron chi connectivity index (χ2n) is 3.78. The molecule has 94 valence electrons. The Balaban J connectivity index is 2.71. The molecule has 17 heavy (non-hydrogen) atoms. The molecule has 0 aliphatic carbocycles. The van der Waals surface area contributed by atoms with E-state index in [0.29, 0.717) is 0 Å². The molecule has 0 aromatic heterocycles. The number of thioether (sulfide) groups is 1. The van der Waals surface area contributed by atoms with Crippen LogP contribution in [0.1, 0.15) is 24.2 Å². The van der Waals surface area contributed by atoms with E-state index in [1.165, 1.54) is 17.8 Å². The van der Waals surface area contributed by atoms with E-state index in [2.05, 4.69) is 0 Å². The van der Waals surface area contributed by atoms with Crippen molar-refractivity contribution in [3.63, 3.8) is 0 Å². The first kappa shape index (κ1) is 14.1. The van der Waals surface area contributed by atoms with Gasteiger partial charge in [-0.1, -0.05) is 13.0 Å². The SMILES string of the molecule is CC(O)C(C)SCC(=O)c1c(F)cccc1F. The monoisotopic (exact) mass is 260 g/mol. The van der Waals surface area contributed by atoms with Crippen LogP contribution in [-0.2, 0) is 0 Å². The average Bonchev–Trinajstić information content (AvgIpc) is 2.25. The number of Topliss-reactive ketones (excluding diaryl/α,β-unsaturated/α-hetero) is 1. The van der Waals surface area contributed by atoms with E-state index < -0.39 is 29.1 Å². The van der Waals surface area contributed by atoms with Gasteiger partial charge in [0.25, 0.3) is 0 Å². The summed E-state index contributed by atoms with van der Waals surface area (Å²) >= 11 is 1.17. The minimum Gasteiger partial charge on any atom is -0.392 e. The van der Waals surface area contributed by atoms with Gasteiger partial charge in [-0.3, -0.25) is 4.79 Å². The first-order valence-electron chi connectivity index (χ1n) is 5.20. The lowest BCUT2D eigenvalue weighted by molar-refractivity contribution is 0.101. The lowest BCUT2D eigenvalue weighted by Gasteiger charge is -2.13. The third kappa shape index (κ3) is 3.78. The Labute approximate surface area is 103 Å². The van der Waals surface area contributed by atoms with E-state index in [1.54, 1.807) is 13.8 Å². The van der Waals surface area contributed by atoms with Crippen molar-refractivity contribution in [1.29, 1.82) is 0 Å². The molecule has 2 atom stereocenters. The predicted octanol–water partition coefficient (Wildman–Crippen LogP) is 2.65. The molecule has 0 aliphatic rings. The van der Waals surface area contributed by atoms with Gasteiger partial charge in [-0.15, -0.1) is 11.8 Å². The quantitative estimate of drug-likeness (QED) is 0.827. The van der Waals surface area contributed by atoms with Crippen LogP contribution in [-0.4, -0.2) is 28.0 Å². The van der Waals surface area contributed by atoms with Gasteiger partial charge in [0, 0.05) is 5.25 Å². The van der Waals surface area contributed by atoms with E-state index >= 15 is 0 Å². The summed E-state index contributed by atoms with van der Waals surface area (Å²) in [5.41, 5.74) is -0.502.